The summed E-state index contributed by atoms with van der Waals surface area (Å²) in [6.45, 7) is 4.11. The van der Waals surface area contributed by atoms with Crippen molar-refractivity contribution < 1.29 is 9.18 Å². The van der Waals surface area contributed by atoms with Gasteiger partial charge in [-0.1, -0.05) is 71.4 Å². The highest BCUT2D eigenvalue weighted by atomic mass is 35.5. The van der Waals surface area contributed by atoms with Crippen LogP contribution in [0.2, 0.25) is 5.02 Å². The van der Waals surface area contributed by atoms with Crippen molar-refractivity contribution in [3.8, 4) is 5.69 Å². The monoisotopic (exact) mass is 480 g/mol. The number of carbonyl (C=O) groups is 1. The maximum absolute atomic E-state index is 14.0. The standard InChI is InChI=1S/C25H22ClFN4OS/c1-16-6-5-7-18(12-16)15-33-25-30-29-23(31(25)22-13-19(26)11-10-17(22)2)14-28-24(32)20-8-3-4-9-21(20)27/h3-13H,14-15H2,1-2H3,(H,28,32). The number of halogens is 2. The van der Waals surface area contributed by atoms with Gasteiger partial charge in [-0.15, -0.1) is 10.2 Å². The molecule has 0 aliphatic rings. The van der Waals surface area contributed by atoms with Gasteiger partial charge in [-0.2, -0.15) is 0 Å². The van der Waals surface area contributed by atoms with E-state index in [4.69, 9.17) is 11.6 Å². The van der Waals surface area contributed by atoms with E-state index in [1.807, 2.05) is 35.8 Å². The Morgan fingerprint density at radius 2 is 1.88 bits per heavy atom. The first kappa shape index (κ1) is 23.0. The van der Waals surface area contributed by atoms with E-state index in [1.54, 1.807) is 23.9 Å². The molecule has 0 aliphatic heterocycles. The van der Waals surface area contributed by atoms with Crippen molar-refractivity contribution >= 4 is 29.3 Å². The molecule has 5 nitrogen and oxygen atoms in total. The molecule has 0 spiro atoms. The van der Waals surface area contributed by atoms with Crippen LogP contribution in [0.5, 0.6) is 0 Å². The van der Waals surface area contributed by atoms with E-state index < -0.39 is 11.7 Å². The van der Waals surface area contributed by atoms with Gasteiger partial charge in [-0.3, -0.25) is 9.36 Å². The average Bonchev–Trinajstić information content (AvgIpc) is 3.20. The Morgan fingerprint density at radius 1 is 1.06 bits per heavy atom. The number of nitrogens with zero attached hydrogens (tertiary/aromatic N) is 3. The van der Waals surface area contributed by atoms with E-state index in [2.05, 4.69) is 40.6 Å². The number of amides is 1. The first-order valence-electron chi connectivity index (χ1n) is 10.3. The minimum Gasteiger partial charge on any atom is -0.345 e. The van der Waals surface area contributed by atoms with Crippen LogP contribution >= 0.6 is 23.4 Å². The molecule has 0 bridgehead atoms. The summed E-state index contributed by atoms with van der Waals surface area (Å²) >= 11 is 7.83. The summed E-state index contributed by atoms with van der Waals surface area (Å²) in [5.41, 5.74) is 4.16. The van der Waals surface area contributed by atoms with E-state index in [-0.39, 0.29) is 12.1 Å². The molecule has 8 heteroatoms. The molecule has 33 heavy (non-hydrogen) atoms. The van der Waals surface area contributed by atoms with Gasteiger partial charge in [-0.25, -0.2) is 4.39 Å². The van der Waals surface area contributed by atoms with Gasteiger partial charge in [-0.05, 0) is 49.2 Å². The number of aryl methyl sites for hydroxylation is 2. The molecule has 0 atom stereocenters. The maximum atomic E-state index is 14.0. The molecule has 4 rings (SSSR count). The quantitative estimate of drug-likeness (QED) is 0.334. The highest BCUT2D eigenvalue weighted by molar-refractivity contribution is 7.98. The zero-order valence-electron chi connectivity index (χ0n) is 18.2. The van der Waals surface area contributed by atoms with Crippen molar-refractivity contribution in [1.29, 1.82) is 0 Å². The predicted octanol–water partition coefficient (Wildman–Crippen LogP) is 5.90. The Bertz CT molecular complexity index is 1310. The van der Waals surface area contributed by atoms with Crippen LogP contribution in [0.3, 0.4) is 0 Å². The summed E-state index contributed by atoms with van der Waals surface area (Å²) in [4.78, 5) is 12.5. The minimum atomic E-state index is -0.573. The summed E-state index contributed by atoms with van der Waals surface area (Å²) in [5.74, 6) is 0.147. The third kappa shape index (κ3) is 5.43. The Morgan fingerprint density at radius 3 is 2.67 bits per heavy atom. The zero-order valence-corrected chi connectivity index (χ0v) is 19.8. The van der Waals surface area contributed by atoms with Crippen LogP contribution in [-0.2, 0) is 12.3 Å². The minimum absolute atomic E-state index is 0.0171. The van der Waals surface area contributed by atoms with Crippen LogP contribution in [0.1, 0.15) is 32.9 Å². The normalized spacial score (nSPS) is 10.9. The molecule has 0 saturated heterocycles. The Balaban J connectivity index is 1.63. The van der Waals surface area contributed by atoms with Gasteiger partial charge in [0.2, 0.25) is 0 Å². The topological polar surface area (TPSA) is 59.8 Å². The van der Waals surface area contributed by atoms with Crippen molar-refractivity contribution in [1.82, 2.24) is 20.1 Å². The van der Waals surface area contributed by atoms with E-state index in [1.165, 1.54) is 23.3 Å². The Kier molecular flexibility index (Phi) is 7.11. The predicted molar refractivity (Wildman–Crippen MR) is 129 cm³/mol. The lowest BCUT2D eigenvalue weighted by molar-refractivity contribution is 0.0945. The molecule has 1 aromatic heterocycles. The van der Waals surface area contributed by atoms with Crippen molar-refractivity contribution in [3.05, 3.63) is 106 Å². The summed E-state index contributed by atoms with van der Waals surface area (Å²) < 4.78 is 15.9. The van der Waals surface area contributed by atoms with Gasteiger partial charge in [0, 0.05) is 10.8 Å². The van der Waals surface area contributed by atoms with Crippen LogP contribution in [0.25, 0.3) is 5.69 Å². The molecule has 1 heterocycles. The number of carbonyl (C=O) groups excluding carboxylic acids is 1. The van der Waals surface area contributed by atoms with Gasteiger partial charge < -0.3 is 5.32 Å². The zero-order chi connectivity index (χ0) is 23.4. The number of aromatic nitrogens is 3. The van der Waals surface area contributed by atoms with Crippen molar-refractivity contribution in [2.45, 2.75) is 31.3 Å². The molecule has 168 valence electrons. The van der Waals surface area contributed by atoms with Gasteiger partial charge in [0.25, 0.3) is 5.91 Å². The van der Waals surface area contributed by atoms with Gasteiger partial charge in [0.1, 0.15) is 5.82 Å². The molecule has 0 fully saturated rings. The lowest BCUT2D eigenvalue weighted by Gasteiger charge is -2.14. The fourth-order valence-electron chi connectivity index (χ4n) is 3.42. The van der Waals surface area contributed by atoms with Crippen LogP contribution in [0.4, 0.5) is 4.39 Å². The number of hydrogen-bond donors (Lipinski definition) is 1. The lowest BCUT2D eigenvalue weighted by atomic mass is 10.2. The molecule has 1 amide bonds. The summed E-state index contributed by atoms with van der Waals surface area (Å²) in [6.07, 6.45) is 0. The molecule has 3 aromatic carbocycles. The second-order valence-corrected chi connectivity index (χ2v) is 8.98. The first-order chi connectivity index (χ1) is 15.9. The fraction of sp³-hybridized carbons (Fsp3) is 0.160. The highest BCUT2D eigenvalue weighted by Gasteiger charge is 2.18. The van der Waals surface area contributed by atoms with Crippen LogP contribution in [0.15, 0.2) is 71.9 Å². The Hall–Kier alpha value is -3.16. The first-order valence-corrected chi connectivity index (χ1v) is 11.7. The number of thioether (sulfide) groups is 1. The van der Waals surface area contributed by atoms with E-state index >= 15 is 0 Å². The number of benzene rings is 3. The van der Waals surface area contributed by atoms with E-state index in [0.717, 1.165) is 11.3 Å². The lowest BCUT2D eigenvalue weighted by Crippen LogP contribution is -2.25. The number of rotatable bonds is 7. The molecule has 1 N–H and O–H groups in total. The smallest absolute Gasteiger partial charge is 0.254 e. The fourth-order valence-corrected chi connectivity index (χ4v) is 4.50. The summed E-state index contributed by atoms with van der Waals surface area (Å²) in [5, 5.41) is 12.7. The molecular weight excluding hydrogens is 459 g/mol. The molecule has 0 saturated carbocycles. The second kappa shape index (κ2) is 10.2. The molecule has 4 aromatic rings. The second-order valence-electron chi connectivity index (χ2n) is 7.61. The van der Waals surface area contributed by atoms with Crippen LogP contribution in [-0.4, -0.2) is 20.7 Å². The van der Waals surface area contributed by atoms with E-state index in [0.29, 0.717) is 21.8 Å². The van der Waals surface area contributed by atoms with Gasteiger partial charge in [0.15, 0.2) is 11.0 Å². The number of hydrogen-bond acceptors (Lipinski definition) is 4. The molecular formula is C25H22ClFN4OS. The number of nitrogens with one attached hydrogen (secondary N) is 1. The van der Waals surface area contributed by atoms with Gasteiger partial charge in [0.05, 0.1) is 17.8 Å². The maximum Gasteiger partial charge on any atom is 0.254 e. The van der Waals surface area contributed by atoms with Crippen LogP contribution in [0, 0.1) is 19.7 Å². The summed E-state index contributed by atoms with van der Waals surface area (Å²) in [6, 6.07) is 19.8. The van der Waals surface area contributed by atoms with Crippen molar-refractivity contribution in [2.75, 3.05) is 0 Å². The van der Waals surface area contributed by atoms with Gasteiger partial charge >= 0.3 is 0 Å². The third-order valence-electron chi connectivity index (χ3n) is 5.09. The highest BCUT2D eigenvalue weighted by Crippen LogP contribution is 2.28. The molecule has 0 aliphatic carbocycles. The van der Waals surface area contributed by atoms with E-state index in [9.17, 15) is 9.18 Å². The largest absolute Gasteiger partial charge is 0.345 e. The SMILES string of the molecule is Cc1cccc(CSc2nnc(CNC(=O)c3ccccc3F)n2-c2cc(Cl)ccc2C)c1. The third-order valence-corrected chi connectivity index (χ3v) is 6.32. The average molecular weight is 481 g/mol. The van der Waals surface area contributed by atoms with Crippen molar-refractivity contribution in [3.63, 3.8) is 0 Å². The van der Waals surface area contributed by atoms with Crippen molar-refractivity contribution in [2.24, 2.45) is 0 Å². The molecule has 0 radical (unpaired) electrons. The van der Waals surface area contributed by atoms with Crippen LogP contribution < -0.4 is 5.32 Å². The Labute approximate surface area is 201 Å². The molecule has 0 unspecified atom stereocenters. The summed E-state index contributed by atoms with van der Waals surface area (Å²) in [7, 11) is 0.